The molecule has 1 N–H and O–H groups in total. The lowest BCUT2D eigenvalue weighted by Crippen LogP contribution is -2.44. The summed E-state index contributed by atoms with van der Waals surface area (Å²) in [7, 11) is 0. The Kier molecular flexibility index (Phi) is 5.04. The Morgan fingerprint density at radius 1 is 1.35 bits per heavy atom. The van der Waals surface area contributed by atoms with Gasteiger partial charge >= 0.3 is 0 Å². The molecule has 6 nitrogen and oxygen atoms in total. The largest absolute Gasteiger partial charge is 0.465 e. The van der Waals surface area contributed by atoms with Crippen LogP contribution in [0, 0.1) is 12.8 Å². The summed E-state index contributed by atoms with van der Waals surface area (Å²) in [4.78, 5) is 19.1. The van der Waals surface area contributed by atoms with Gasteiger partial charge in [0.1, 0.15) is 11.5 Å². The second-order valence-corrected chi connectivity index (χ2v) is 7.09. The van der Waals surface area contributed by atoms with Gasteiger partial charge in [0.05, 0.1) is 19.3 Å². The van der Waals surface area contributed by atoms with Crippen molar-refractivity contribution in [1.82, 2.24) is 15.2 Å². The number of ether oxygens (including phenoxy) is 1. The third-order valence-corrected chi connectivity index (χ3v) is 5.29. The van der Waals surface area contributed by atoms with E-state index in [2.05, 4.69) is 15.2 Å². The molecule has 1 saturated carbocycles. The molecule has 1 aliphatic heterocycles. The quantitative estimate of drug-likeness (QED) is 0.861. The van der Waals surface area contributed by atoms with E-state index in [4.69, 9.17) is 9.15 Å². The summed E-state index contributed by atoms with van der Waals surface area (Å²) in [5.41, 5.74) is 1.15. The van der Waals surface area contributed by atoms with Gasteiger partial charge in [-0.05, 0) is 43.0 Å². The van der Waals surface area contributed by atoms with Gasteiger partial charge in [0, 0.05) is 37.9 Å². The molecule has 1 aliphatic carbocycles. The zero-order chi connectivity index (χ0) is 17.9. The van der Waals surface area contributed by atoms with Gasteiger partial charge in [-0.25, -0.2) is 0 Å². The lowest BCUT2D eigenvalue weighted by Gasteiger charge is -2.33. The third-order valence-electron chi connectivity index (χ3n) is 5.29. The van der Waals surface area contributed by atoms with Crippen LogP contribution in [0.25, 0.3) is 0 Å². The number of aryl methyl sites for hydroxylation is 1. The highest BCUT2D eigenvalue weighted by Gasteiger charge is 2.44. The number of nitrogens with one attached hydrogen (secondary N) is 1. The number of carbonyl (C=O) groups is 1. The molecule has 2 aliphatic rings. The van der Waals surface area contributed by atoms with E-state index in [9.17, 15) is 4.79 Å². The van der Waals surface area contributed by atoms with Gasteiger partial charge in [0.25, 0.3) is 0 Å². The van der Waals surface area contributed by atoms with Crippen LogP contribution in [0.2, 0.25) is 0 Å². The lowest BCUT2D eigenvalue weighted by atomic mass is 10.1. The molecule has 1 saturated heterocycles. The molecule has 0 radical (unpaired) electrons. The van der Waals surface area contributed by atoms with E-state index in [1.165, 1.54) is 0 Å². The minimum Gasteiger partial charge on any atom is -0.465 e. The van der Waals surface area contributed by atoms with E-state index in [1.807, 2.05) is 37.4 Å². The van der Waals surface area contributed by atoms with Crippen LogP contribution in [-0.4, -0.2) is 48.6 Å². The maximum atomic E-state index is 12.6. The van der Waals surface area contributed by atoms with Crippen molar-refractivity contribution in [2.45, 2.75) is 25.3 Å². The van der Waals surface area contributed by atoms with Crippen molar-refractivity contribution in [3.05, 3.63) is 53.7 Å². The highest BCUT2D eigenvalue weighted by Crippen LogP contribution is 2.47. The second-order valence-electron chi connectivity index (χ2n) is 7.09. The van der Waals surface area contributed by atoms with Gasteiger partial charge in [-0.2, -0.15) is 0 Å². The maximum absolute atomic E-state index is 12.6. The Morgan fingerprint density at radius 3 is 2.88 bits per heavy atom. The number of amides is 1. The fourth-order valence-electron chi connectivity index (χ4n) is 3.71. The zero-order valence-corrected chi connectivity index (χ0v) is 15.1. The Balaban J connectivity index is 1.38. The first-order valence-corrected chi connectivity index (χ1v) is 9.28. The second kappa shape index (κ2) is 7.60. The van der Waals surface area contributed by atoms with Gasteiger partial charge in [-0.15, -0.1) is 0 Å². The highest BCUT2D eigenvalue weighted by molar-refractivity contribution is 5.82. The molecular formula is C20H25N3O3. The molecule has 0 aromatic carbocycles. The first kappa shape index (κ1) is 17.2. The molecule has 2 aromatic heterocycles. The summed E-state index contributed by atoms with van der Waals surface area (Å²) in [6.07, 6.45) is 4.53. The monoisotopic (exact) mass is 355 g/mol. The number of hydrogen-bond acceptors (Lipinski definition) is 5. The van der Waals surface area contributed by atoms with Crippen LogP contribution in [0.1, 0.15) is 35.5 Å². The van der Waals surface area contributed by atoms with Gasteiger partial charge in [0.2, 0.25) is 5.91 Å². The Bertz CT molecular complexity index is 740. The molecule has 1 amide bonds. The lowest BCUT2D eigenvalue weighted by molar-refractivity contribution is -0.122. The van der Waals surface area contributed by atoms with Crippen LogP contribution in [-0.2, 0) is 9.53 Å². The summed E-state index contributed by atoms with van der Waals surface area (Å²) in [6, 6.07) is 8.01. The predicted molar refractivity (Wildman–Crippen MR) is 96.7 cm³/mol. The zero-order valence-electron chi connectivity index (χ0n) is 15.1. The summed E-state index contributed by atoms with van der Waals surface area (Å²) >= 11 is 0. The SMILES string of the molecule is Cc1ccc([C@H](CNC(=O)[C@@H]2C[C@H]2c2cccnc2)N2CCOCC2)o1. The topological polar surface area (TPSA) is 67.6 Å². The van der Waals surface area contributed by atoms with Gasteiger partial charge in [-0.1, -0.05) is 6.07 Å². The molecule has 4 rings (SSSR count). The van der Waals surface area contributed by atoms with Crippen molar-refractivity contribution in [2.24, 2.45) is 5.92 Å². The van der Waals surface area contributed by atoms with E-state index in [0.29, 0.717) is 12.5 Å². The van der Waals surface area contributed by atoms with Crippen molar-refractivity contribution >= 4 is 5.91 Å². The van der Waals surface area contributed by atoms with Crippen LogP contribution >= 0.6 is 0 Å². The van der Waals surface area contributed by atoms with Gasteiger partial charge in [-0.3, -0.25) is 14.7 Å². The van der Waals surface area contributed by atoms with E-state index >= 15 is 0 Å². The van der Waals surface area contributed by atoms with Crippen LogP contribution < -0.4 is 5.32 Å². The summed E-state index contributed by atoms with van der Waals surface area (Å²) in [5.74, 6) is 2.28. The molecular weight excluding hydrogens is 330 g/mol. The molecule has 138 valence electrons. The maximum Gasteiger partial charge on any atom is 0.223 e. The minimum atomic E-state index is 0.0483. The number of pyridine rings is 1. The number of morpholine rings is 1. The van der Waals surface area contributed by atoms with E-state index in [-0.39, 0.29) is 17.9 Å². The average molecular weight is 355 g/mol. The smallest absolute Gasteiger partial charge is 0.223 e. The van der Waals surface area contributed by atoms with Gasteiger partial charge < -0.3 is 14.5 Å². The van der Waals surface area contributed by atoms with Crippen molar-refractivity contribution in [3.63, 3.8) is 0 Å². The predicted octanol–water partition coefficient (Wildman–Crippen LogP) is 2.28. The summed E-state index contributed by atoms with van der Waals surface area (Å²) in [5, 5.41) is 3.15. The van der Waals surface area contributed by atoms with E-state index in [1.54, 1.807) is 6.20 Å². The molecule has 6 heteroatoms. The van der Waals surface area contributed by atoms with Crippen LogP contribution in [0.4, 0.5) is 0 Å². The molecule has 0 unspecified atom stereocenters. The molecule has 0 bridgehead atoms. The highest BCUT2D eigenvalue weighted by atomic mass is 16.5. The minimum absolute atomic E-state index is 0.0483. The number of nitrogens with zero attached hydrogens (tertiary/aromatic N) is 2. The Morgan fingerprint density at radius 2 is 2.19 bits per heavy atom. The van der Waals surface area contributed by atoms with Gasteiger partial charge in [0.15, 0.2) is 0 Å². The fourth-order valence-corrected chi connectivity index (χ4v) is 3.71. The van der Waals surface area contributed by atoms with E-state index < -0.39 is 0 Å². The Labute approximate surface area is 153 Å². The normalized spacial score (nSPS) is 24.2. The molecule has 2 aromatic rings. The van der Waals surface area contributed by atoms with Crippen LogP contribution in [0.3, 0.4) is 0 Å². The van der Waals surface area contributed by atoms with Crippen LogP contribution in [0.15, 0.2) is 41.1 Å². The van der Waals surface area contributed by atoms with Crippen LogP contribution in [0.5, 0.6) is 0 Å². The first-order chi connectivity index (χ1) is 12.7. The molecule has 0 spiro atoms. The van der Waals surface area contributed by atoms with Crippen molar-refractivity contribution in [2.75, 3.05) is 32.8 Å². The molecule has 2 fully saturated rings. The standard InChI is InChI=1S/C20H25N3O3/c1-14-4-5-19(26-14)18(23-7-9-25-10-8-23)13-22-20(24)17-11-16(17)15-3-2-6-21-12-15/h2-6,12,16-18H,7-11,13H2,1H3,(H,22,24)/t16-,17+,18-/m0/s1. The summed E-state index contributed by atoms with van der Waals surface area (Å²) in [6.45, 7) is 5.64. The number of hydrogen-bond donors (Lipinski definition) is 1. The third kappa shape index (κ3) is 3.81. The number of rotatable bonds is 6. The number of aromatic nitrogens is 1. The fraction of sp³-hybridized carbons (Fsp3) is 0.500. The average Bonchev–Trinajstić information content (AvgIpc) is 3.38. The number of carbonyl (C=O) groups excluding carboxylic acids is 1. The summed E-state index contributed by atoms with van der Waals surface area (Å²) < 4.78 is 11.3. The molecule has 26 heavy (non-hydrogen) atoms. The first-order valence-electron chi connectivity index (χ1n) is 9.28. The molecule has 3 heterocycles. The molecule has 3 atom stereocenters. The van der Waals surface area contributed by atoms with Crippen molar-refractivity contribution in [1.29, 1.82) is 0 Å². The van der Waals surface area contributed by atoms with E-state index in [0.717, 1.165) is 49.8 Å². The Hall–Kier alpha value is -2.18. The van der Waals surface area contributed by atoms with Crippen molar-refractivity contribution < 1.29 is 13.9 Å². The number of furan rings is 1. The van der Waals surface area contributed by atoms with Crippen molar-refractivity contribution in [3.8, 4) is 0 Å².